The van der Waals surface area contributed by atoms with Gasteiger partial charge >= 0.3 is 5.97 Å². The summed E-state index contributed by atoms with van der Waals surface area (Å²) in [5, 5.41) is 2.54. The lowest BCUT2D eigenvalue weighted by molar-refractivity contribution is -0.124. The summed E-state index contributed by atoms with van der Waals surface area (Å²) in [5.41, 5.74) is -0.445. The Balaban J connectivity index is 1.44. The first kappa shape index (κ1) is 17.7. The average molecular weight is 363 g/mol. The van der Waals surface area contributed by atoms with Gasteiger partial charge in [0.25, 0.3) is 5.91 Å². The Kier molecular flexibility index (Phi) is 5.31. The van der Waals surface area contributed by atoms with Crippen LogP contribution in [0.3, 0.4) is 0 Å². The number of para-hydroxylation sites is 2. The highest BCUT2D eigenvalue weighted by Crippen LogP contribution is 2.30. The van der Waals surface area contributed by atoms with Crippen molar-refractivity contribution in [1.82, 2.24) is 5.32 Å². The molecule has 3 rings (SSSR count). The first-order chi connectivity index (χ1) is 12.5. The second-order valence-electron chi connectivity index (χ2n) is 5.50. The number of nitrogens with one attached hydrogen (secondary N) is 1. The Bertz CT molecular complexity index is 827. The normalized spacial score (nSPS) is 15.2. The van der Waals surface area contributed by atoms with Gasteiger partial charge in [0.05, 0.1) is 12.1 Å². The van der Waals surface area contributed by atoms with Gasteiger partial charge in [0.1, 0.15) is 24.3 Å². The number of halogens is 2. The van der Waals surface area contributed by atoms with Crippen LogP contribution in [0.4, 0.5) is 8.78 Å². The lowest BCUT2D eigenvalue weighted by Crippen LogP contribution is -2.42. The highest BCUT2D eigenvalue weighted by atomic mass is 19.1. The zero-order chi connectivity index (χ0) is 18.5. The molecule has 0 aliphatic carbocycles. The van der Waals surface area contributed by atoms with Gasteiger partial charge in [-0.3, -0.25) is 4.79 Å². The van der Waals surface area contributed by atoms with Gasteiger partial charge in [0, 0.05) is 6.07 Å². The van der Waals surface area contributed by atoms with Gasteiger partial charge in [-0.15, -0.1) is 0 Å². The molecule has 1 heterocycles. The molecule has 136 valence electrons. The Morgan fingerprint density at radius 2 is 1.92 bits per heavy atom. The Hall–Kier alpha value is -3.16. The van der Waals surface area contributed by atoms with Crippen molar-refractivity contribution in [2.45, 2.75) is 6.10 Å². The van der Waals surface area contributed by atoms with Crippen LogP contribution in [0.1, 0.15) is 10.4 Å². The van der Waals surface area contributed by atoms with Gasteiger partial charge in [-0.1, -0.05) is 12.1 Å². The molecule has 8 heteroatoms. The molecule has 0 unspecified atom stereocenters. The fourth-order valence-electron chi connectivity index (χ4n) is 2.31. The minimum Gasteiger partial charge on any atom is -0.486 e. The van der Waals surface area contributed by atoms with Gasteiger partial charge in [-0.05, 0) is 24.3 Å². The zero-order valence-electron chi connectivity index (χ0n) is 13.5. The highest BCUT2D eigenvalue weighted by Gasteiger charge is 2.21. The summed E-state index contributed by atoms with van der Waals surface area (Å²) in [5.74, 6) is -2.29. The van der Waals surface area contributed by atoms with Crippen molar-refractivity contribution in [2.75, 3.05) is 19.8 Å². The standard InChI is InChI=1S/C18H15F2NO5/c19-11-5-6-13(14(20)7-11)18(23)25-10-17(22)21-8-12-9-24-15-3-1-2-4-16(15)26-12/h1-7,12H,8-10H2,(H,21,22)/t12-/m1/s1. The number of hydrogen-bond acceptors (Lipinski definition) is 5. The number of hydrogen-bond donors (Lipinski definition) is 1. The molecule has 6 nitrogen and oxygen atoms in total. The van der Waals surface area contributed by atoms with E-state index in [0.29, 0.717) is 17.6 Å². The average Bonchev–Trinajstić information content (AvgIpc) is 2.64. The summed E-state index contributed by atoms with van der Waals surface area (Å²) in [7, 11) is 0. The second kappa shape index (κ2) is 7.81. The van der Waals surface area contributed by atoms with Crippen LogP contribution in [0.25, 0.3) is 0 Å². The maximum Gasteiger partial charge on any atom is 0.341 e. The molecule has 2 aromatic rings. The monoisotopic (exact) mass is 363 g/mol. The van der Waals surface area contributed by atoms with Crippen molar-refractivity contribution in [3.8, 4) is 11.5 Å². The SMILES string of the molecule is O=C(COC(=O)c1ccc(F)cc1F)NC[C@@H]1COc2ccccc2O1. The van der Waals surface area contributed by atoms with Crippen LogP contribution in [0.15, 0.2) is 42.5 Å². The molecule has 26 heavy (non-hydrogen) atoms. The maximum atomic E-state index is 13.5. The van der Waals surface area contributed by atoms with Gasteiger partial charge < -0.3 is 19.5 Å². The third-order valence-electron chi connectivity index (χ3n) is 3.58. The molecule has 1 atom stereocenters. The second-order valence-corrected chi connectivity index (χ2v) is 5.50. The molecule has 1 aliphatic heterocycles. The summed E-state index contributed by atoms with van der Waals surface area (Å²) in [6.45, 7) is -0.187. The van der Waals surface area contributed by atoms with E-state index in [2.05, 4.69) is 5.32 Å². The smallest absolute Gasteiger partial charge is 0.341 e. The van der Waals surface area contributed by atoms with E-state index in [4.69, 9.17) is 14.2 Å². The Morgan fingerprint density at radius 3 is 2.69 bits per heavy atom. The molecule has 0 saturated carbocycles. The molecule has 0 bridgehead atoms. The molecule has 0 radical (unpaired) electrons. The third-order valence-corrected chi connectivity index (χ3v) is 3.58. The van der Waals surface area contributed by atoms with Crippen LogP contribution >= 0.6 is 0 Å². The first-order valence-electron chi connectivity index (χ1n) is 7.80. The van der Waals surface area contributed by atoms with Gasteiger partial charge in [0.15, 0.2) is 18.1 Å². The van der Waals surface area contributed by atoms with Gasteiger partial charge in [-0.25, -0.2) is 13.6 Å². The van der Waals surface area contributed by atoms with Crippen LogP contribution in [0, 0.1) is 11.6 Å². The number of rotatable bonds is 5. The summed E-state index contributed by atoms with van der Waals surface area (Å²) in [4.78, 5) is 23.5. The van der Waals surface area contributed by atoms with Gasteiger partial charge in [-0.2, -0.15) is 0 Å². The topological polar surface area (TPSA) is 73.9 Å². The number of fused-ring (bicyclic) bond motifs is 1. The van der Waals surface area contributed by atoms with Crippen molar-refractivity contribution in [2.24, 2.45) is 0 Å². The fraction of sp³-hybridized carbons (Fsp3) is 0.222. The van der Waals surface area contributed by atoms with Crippen LogP contribution in [-0.4, -0.2) is 37.7 Å². The third kappa shape index (κ3) is 4.27. The van der Waals surface area contributed by atoms with E-state index < -0.39 is 35.7 Å². The predicted octanol–water partition coefficient (Wildman–Crippen LogP) is 2.08. The summed E-state index contributed by atoms with van der Waals surface area (Å²) in [6.07, 6.45) is -0.390. The van der Waals surface area contributed by atoms with Crippen LogP contribution < -0.4 is 14.8 Å². The van der Waals surface area contributed by atoms with E-state index in [9.17, 15) is 18.4 Å². The number of amides is 1. The van der Waals surface area contributed by atoms with Crippen molar-refractivity contribution in [1.29, 1.82) is 0 Å². The van der Waals surface area contributed by atoms with Crippen LogP contribution in [0.2, 0.25) is 0 Å². The maximum absolute atomic E-state index is 13.5. The Labute approximate surface area is 147 Å². The summed E-state index contributed by atoms with van der Waals surface area (Å²) in [6, 6.07) is 9.60. The zero-order valence-corrected chi connectivity index (χ0v) is 13.5. The molecular formula is C18H15F2NO5. The van der Waals surface area contributed by atoms with Crippen molar-refractivity contribution < 1.29 is 32.6 Å². The molecule has 1 amide bonds. The van der Waals surface area contributed by atoms with Crippen molar-refractivity contribution in [3.05, 3.63) is 59.7 Å². The largest absolute Gasteiger partial charge is 0.486 e. The minimum atomic E-state index is -1.05. The number of carbonyl (C=O) groups excluding carboxylic acids is 2. The number of carbonyl (C=O) groups is 2. The number of ether oxygens (including phenoxy) is 3. The van der Waals surface area contributed by atoms with Crippen LogP contribution in [0.5, 0.6) is 11.5 Å². The van der Waals surface area contributed by atoms with E-state index in [1.807, 2.05) is 6.07 Å². The van der Waals surface area contributed by atoms with Crippen molar-refractivity contribution >= 4 is 11.9 Å². The molecule has 0 spiro atoms. The first-order valence-corrected chi connectivity index (χ1v) is 7.80. The van der Waals surface area contributed by atoms with E-state index in [1.54, 1.807) is 18.2 Å². The minimum absolute atomic E-state index is 0.148. The van der Waals surface area contributed by atoms with E-state index in [-0.39, 0.29) is 19.3 Å². The number of esters is 1. The molecule has 0 saturated heterocycles. The summed E-state index contributed by atoms with van der Waals surface area (Å²) >= 11 is 0. The highest BCUT2D eigenvalue weighted by molar-refractivity contribution is 5.91. The quantitative estimate of drug-likeness (QED) is 0.824. The van der Waals surface area contributed by atoms with Crippen LogP contribution in [-0.2, 0) is 9.53 Å². The molecule has 1 aliphatic rings. The molecule has 2 aromatic carbocycles. The predicted molar refractivity (Wildman–Crippen MR) is 86.0 cm³/mol. The van der Waals surface area contributed by atoms with E-state index >= 15 is 0 Å². The van der Waals surface area contributed by atoms with E-state index in [1.165, 1.54) is 0 Å². The molecular weight excluding hydrogens is 348 g/mol. The summed E-state index contributed by atoms with van der Waals surface area (Å²) < 4.78 is 42.2. The van der Waals surface area contributed by atoms with Gasteiger partial charge in [0.2, 0.25) is 0 Å². The molecule has 1 N–H and O–H groups in total. The Morgan fingerprint density at radius 1 is 1.15 bits per heavy atom. The van der Waals surface area contributed by atoms with E-state index in [0.717, 1.165) is 12.1 Å². The fourth-order valence-corrected chi connectivity index (χ4v) is 2.31. The lowest BCUT2D eigenvalue weighted by atomic mass is 10.2. The lowest BCUT2D eigenvalue weighted by Gasteiger charge is -2.26. The van der Waals surface area contributed by atoms with Crippen molar-refractivity contribution in [3.63, 3.8) is 0 Å². The molecule has 0 aromatic heterocycles. The number of benzene rings is 2. The molecule has 0 fully saturated rings.